The van der Waals surface area contributed by atoms with Crippen molar-refractivity contribution in [3.63, 3.8) is 0 Å². The summed E-state index contributed by atoms with van der Waals surface area (Å²) in [5.41, 5.74) is 0.583. The van der Waals surface area contributed by atoms with Crippen LogP contribution < -0.4 is 15.3 Å². The van der Waals surface area contributed by atoms with E-state index in [2.05, 4.69) is 0 Å². The minimum Gasteiger partial charge on any atom is -0.497 e. The molecular weight excluding hydrogens is 310 g/mol. The van der Waals surface area contributed by atoms with Gasteiger partial charge in [0.1, 0.15) is 11.5 Å². The summed E-state index contributed by atoms with van der Waals surface area (Å²) in [5.74, 6) is 0.455. The van der Waals surface area contributed by atoms with E-state index in [0.29, 0.717) is 17.2 Å². The maximum atomic E-state index is 12.4. The lowest BCUT2D eigenvalue weighted by Gasteiger charge is -2.20. The Kier molecular flexibility index (Phi) is 4.55. The molecule has 24 heavy (non-hydrogen) atoms. The number of nitrogens with zero attached hydrogens (tertiary/aromatic N) is 1. The topological polar surface area (TPSA) is 69.0 Å². The molecule has 0 aliphatic carbocycles. The Labute approximate surface area is 139 Å². The van der Waals surface area contributed by atoms with Crippen LogP contribution in [0.4, 0.5) is 5.69 Å². The number of benzene rings is 1. The number of anilines is 1. The van der Waals surface area contributed by atoms with Gasteiger partial charge in [0.15, 0.2) is 5.56 Å². The van der Waals surface area contributed by atoms with Crippen LogP contribution in [0.2, 0.25) is 0 Å². The molecule has 1 aliphatic heterocycles. The highest BCUT2D eigenvalue weighted by molar-refractivity contribution is 5.96. The Morgan fingerprint density at radius 3 is 2.38 bits per heavy atom. The third-order valence-corrected chi connectivity index (χ3v) is 4.14. The third-order valence-electron chi connectivity index (χ3n) is 4.14. The highest BCUT2D eigenvalue weighted by atomic mass is 16.5. The van der Waals surface area contributed by atoms with Gasteiger partial charge in [0.2, 0.25) is 0 Å². The summed E-state index contributed by atoms with van der Waals surface area (Å²) in [6.45, 7) is 1.60. The summed E-state index contributed by atoms with van der Waals surface area (Å²) < 4.78 is 15.3. The molecule has 6 nitrogen and oxygen atoms in total. The summed E-state index contributed by atoms with van der Waals surface area (Å²) in [6.07, 6.45) is 2.05. The number of carbonyl (C=O) groups is 1. The molecule has 1 aromatic heterocycles. The molecule has 1 aliphatic rings. The predicted molar refractivity (Wildman–Crippen MR) is 89.8 cm³/mol. The van der Waals surface area contributed by atoms with E-state index in [1.54, 1.807) is 25.3 Å². The predicted octanol–water partition coefficient (Wildman–Crippen LogP) is 2.70. The Morgan fingerprint density at radius 1 is 1.12 bits per heavy atom. The normalized spacial score (nSPS) is 13.8. The zero-order chi connectivity index (χ0) is 17.1. The molecule has 0 bridgehead atoms. The second-order valence-corrected chi connectivity index (χ2v) is 5.57. The van der Waals surface area contributed by atoms with Crippen molar-refractivity contribution in [1.29, 1.82) is 0 Å². The molecule has 6 heteroatoms. The summed E-state index contributed by atoms with van der Waals surface area (Å²) in [5, 5.41) is 0. The highest BCUT2D eigenvalue weighted by Crippen LogP contribution is 2.29. The number of hydrogen-bond donors (Lipinski definition) is 0. The van der Waals surface area contributed by atoms with Crippen molar-refractivity contribution in [1.82, 2.24) is 0 Å². The lowest BCUT2D eigenvalue weighted by Crippen LogP contribution is -2.26. The molecule has 0 amide bonds. The van der Waals surface area contributed by atoms with Gasteiger partial charge in [-0.25, -0.2) is 9.59 Å². The summed E-state index contributed by atoms with van der Waals surface area (Å²) >= 11 is 0. The van der Waals surface area contributed by atoms with Crippen LogP contribution in [-0.4, -0.2) is 33.3 Å². The Hall–Kier alpha value is -2.76. The first-order chi connectivity index (χ1) is 11.6. The highest BCUT2D eigenvalue weighted by Gasteiger charge is 2.25. The number of carbonyl (C=O) groups excluding carboxylic acids is 1. The van der Waals surface area contributed by atoms with Crippen LogP contribution in [0.5, 0.6) is 5.75 Å². The van der Waals surface area contributed by atoms with Crippen LogP contribution in [-0.2, 0) is 4.74 Å². The Balaban J connectivity index is 2.11. The van der Waals surface area contributed by atoms with Crippen molar-refractivity contribution in [3.8, 4) is 17.1 Å². The molecule has 1 aromatic carbocycles. The van der Waals surface area contributed by atoms with Crippen LogP contribution in [0, 0.1) is 0 Å². The minimum atomic E-state index is -0.683. The van der Waals surface area contributed by atoms with E-state index in [1.807, 2.05) is 17.0 Å². The maximum Gasteiger partial charge on any atom is 0.353 e. The number of hydrogen-bond acceptors (Lipinski definition) is 6. The van der Waals surface area contributed by atoms with Gasteiger partial charge < -0.3 is 18.8 Å². The van der Waals surface area contributed by atoms with E-state index in [-0.39, 0.29) is 5.56 Å². The van der Waals surface area contributed by atoms with Crippen LogP contribution in [0.25, 0.3) is 11.3 Å². The lowest BCUT2D eigenvalue weighted by molar-refractivity contribution is 0.0596. The third kappa shape index (κ3) is 2.99. The van der Waals surface area contributed by atoms with Gasteiger partial charge in [0, 0.05) is 24.7 Å². The van der Waals surface area contributed by atoms with E-state index in [4.69, 9.17) is 13.9 Å². The number of methoxy groups -OCH3 is 2. The average molecular weight is 329 g/mol. The molecular formula is C18H19NO5. The van der Waals surface area contributed by atoms with Gasteiger partial charge in [-0.2, -0.15) is 0 Å². The molecule has 2 aromatic rings. The molecule has 1 saturated heterocycles. The monoisotopic (exact) mass is 329 g/mol. The van der Waals surface area contributed by atoms with Crippen molar-refractivity contribution in [2.75, 3.05) is 32.2 Å². The number of rotatable bonds is 4. The molecule has 0 unspecified atom stereocenters. The standard InChI is InChI=1S/C18H19NO5/c1-22-13-7-5-12(6-8-13)15-11-14(19-9-3-4-10-19)16(17(20)23-2)18(21)24-15/h5-8,11H,3-4,9-10H2,1-2H3. The van der Waals surface area contributed by atoms with Gasteiger partial charge in [-0.05, 0) is 37.1 Å². The van der Waals surface area contributed by atoms with Crippen molar-refractivity contribution >= 4 is 11.7 Å². The van der Waals surface area contributed by atoms with Crippen LogP contribution >= 0.6 is 0 Å². The fourth-order valence-electron chi connectivity index (χ4n) is 2.88. The molecule has 0 atom stereocenters. The van der Waals surface area contributed by atoms with Crippen molar-refractivity contribution < 1.29 is 18.7 Å². The first-order valence-corrected chi connectivity index (χ1v) is 7.80. The number of esters is 1. The van der Waals surface area contributed by atoms with Gasteiger partial charge in [0.05, 0.1) is 19.9 Å². The molecule has 0 saturated carbocycles. The second kappa shape index (κ2) is 6.78. The zero-order valence-electron chi connectivity index (χ0n) is 13.7. The summed E-state index contributed by atoms with van der Waals surface area (Å²) in [7, 11) is 2.85. The average Bonchev–Trinajstić information content (AvgIpc) is 3.15. The fourth-order valence-corrected chi connectivity index (χ4v) is 2.88. The van der Waals surface area contributed by atoms with Gasteiger partial charge in [0.25, 0.3) is 0 Å². The minimum absolute atomic E-state index is 0.0448. The number of ether oxygens (including phenoxy) is 2. The largest absolute Gasteiger partial charge is 0.497 e. The van der Waals surface area contributed by atoms with Gasteiger partial charge in [-0.3, -0.25) is 0 Å². The fraction of sp³-hybridized carbons (Fsp3) is 0.333. The van der Waals surface area contributed by atoms with Gasteiger partial charge in [-0.1, -0.05) is 0 Å². The van der Waals surface area contributed by atoms with E-state index in [1.165, 1.54) is 7.11 Å². The van der Waals surface area contributed by atoms with E-state index >= 15 is 0 Å². The van der Waals surface area contributed by atoms with Crippen LogP contribution in [0.1, 0.15) is 23.2 Å². The lowest BCUT2D eigenvalue weighted by atomic mass is 10.1. The molecule has 0 spiro atoms. The molecule has 2 heterocycles. The van der Waals surface area contributed by atoms with E-state index < -0.39 is 11.6 Å². The first kappa shape index (κ1) is 16.1. The molecule has 1 fully saturated rings. The van der Waals surface area contributed by atoms with Crippen molar-refractivity contribution in [2.24, 2.45) is 0 Å². The van der Waals surface area contributed by atoms with Crippen molar-refractivity contribution in [3.05, 3.63) is 46.3 Å². The molecule has 3 rings (SSSR count). The maximum absolute atomic E-state index is 12.4. The quantitative estimate of drug-likeness (QED) is 0.803. The zero-order valence-corrected chi connectivity index (χ0v) is 13.7. The smallest absolute Gasteiger partial charge is 0.353 e. The summed E-state index contributed by atoms with van der Waals surface area (Å²) in [4.78, 5) is 26.4. The molecule has 126 valence electrons. The first-order valence-electron chi connectivity index (χ1n) is 7.80. The van der Waals surface area contributed by atoms with Crippen LogP contribution in [0.3, 0.4) is 0 Å². The molecule has 0 radical (unpaired) electrons. The van der Waals surface area contributed by atoms with Gasteiger partial charge in [-0.15, -0.1) is 0 Å². The van der Waals surface area contributed by atoms with E-state index in [9.17, 15) is 9.59 Å². The summed E-state index contributed by atoms with van der Waals surface area (Å²) in [6, 6.07) is 8.93. The SMILES string of the molecule is COC(=O)c1c(N2CCCC2)cc(-c2ccc(OC)cc2)oc1=O. The van der Waals surface area contributed by atoms with Gasteiger partial charge >= 0.3 is 11.6 Å². The van der Waals surface area contributed by atoms with Crippen molar-refractivity contribution in [2.45, 2.75) is 12.8 Å². The van der Waals surface area contributed by atoms with Crippen LogP contribution in [0.15, 0.2) is 39.5 Å². The van der Waals surface area contributed by atoms with E-state index in [0.717, 1.165) is 31.5 Å². The Morgan fingerprint density at radius 2 is 1.79 bits per heavy atom. The Bertz CT molecular complexity index is 788. The molecule has 0 N–H and O–H groups in total. The second-order valence-electron chi connectivity index (χ2n) is 5.57.